The van der Waals surface area contributed by atoms with Gasteiger partial charge in [0.05, 0.1) is 17.5 Å². The van der Waals surface area contributed by atoms with E-state index < -0.39 is 46.1 Å². The van der Waals surface area contributed by atoms with E-state index >= 15 is 0 Å². The monoisotopic (exact) mass is 623 g/mol. The van der Waals surface area contributed by atoms with Crippen LogP contribution in [0.2, 0.25) is 0 Å². The predicted octanol–water partition coefficient (Wildman–Crippen LogP) is 6.08. The maximum absolute atomic E-state index is 14.6. The van der Waals surface area contributed by atoms with Crippen molar-refractivity contribution in [3.05, 3.63) is 78.4 Å². The SMILES string of the molecule is CCOc1ccc(NCCNC(=O)C(CC(C)(C)F)NC(c2ccc(-c3ccc(S(C)(=O)=O)cc3)cc2)C(F)(F)F)cc1. The lowest BCUT2D eigenvalue weighted by molar-refractivity contribution is -0.161. The number of alkyl halides is 4. The molecule has 234 valence electrons. The van der Waals surface area contributed by atoms with Crippen molar-refractivity contribution >= 4 is 21.4 Å². The summed E-state index contributed by atoms with van der Waals surface area (Å²) in [6, 6.07) is 15.0. The molecule has 0 heterocycles. The van der Waals surface area contributed by atoms with Crippen LogP contribution >= 0.6 is 0 Å². The van der Waals surface area contributed by atoms with E-state index in [4.69, 9.17) is 4.74 Å². The number of carbonyl (C=O) groups is 1. The molecule has 2 atom stereocenters. The molecule has 12 heteroatoms. The molecular formula is C31H37F4N3O4S. The number of carbonyl (C=O) groups excluding carboxylic acids is 1. The van der Waals surface area contributed by atoms with Crippen molar-refractivity contribution in [2.45, 2.75) is 56.0 Å². The van der Waals surface area contributed by atoms with Crippen molar-refractivity contribution in [2.75, 3.05) is 31.3 Å². The molecule has 0 spiro atoms. The fourth-order valence-corrected chi connectivity index (χ4v) is 5.04. The number of anilines is 1. The van der Waals surface area contributed by atoms with Gasteiger partial charge in [0.25, 0.3) is 0 Å². The first-order valence-electron chi connectivity index (χ1n) is 13.7. The highest BCUT2D eigenvalue weighted by Crippen LogP contribution is 2.35. The van der Waals surface area contributed by atoms with E-state index in [2.05, 4.69) is 16.0 Å². The number of benzene rings is 3. The molecule has 0 aliphatic rings. The van der Waals surface area contributed by atoms with E-state index in [1.807, 2.05) is 6.92 Å². The van der Waals surface area contributed by atoms with Gasteiger partial charge in [-0.15, -0.1) is 0 Å². The normalized spacial score (nSPS) is 13.7. The van der Waals surface area contributed by atoms with E-state index in [1.54, 1.807) is 36.4 Å². The average molecular weight is 624 g/mol. The zero-order valence-corrected chi connectivity index (χ0v) is 25.3. The summed E-state index contributed by atoms with van der Waals surface area (Å²) in [5, 5.41) is 8.05. The Hall–Kier alpha value is -3.64. The largest absolute Gasteiger partial charge is 0.494 e. The van der Waals surface area contributed by atoms with Crippen LogP contribution < -0.4 is 20.7 Å². The molecular weight excluding hydrogens is 586 g/mol. The molecule has 3 aromatic carbocycles. The first-order chi connectivity index (χ1) is 20.1. The van der Waals surface area contributed by atoms with Gasteiger partial charge in [-0.25, -0.2) is 12.8 Å². The Morgan fingerprint density at radius 1 is 0.860 bits per heavy atom. The third-order valence-electron chi connectivity index (χ3n) is 6.48. The molecule has 0 aliphatic carbocycles. The Morgan fingerprint density at radius 2 is 1.42 bits per heavy atom. The smallest absolute Gasteiger partial charge is 0.407 e. The second-order valence-corrected chi connectivity index (χ2v) is 12.7. The van der Waals surface area contributed by atoms with Gasteiger partial charge in [-0.2, -0.15) is 13.2 Å². The summed E-state index contributed by atoms with van der Waals surface area (Å²) in [5.74, 6) is -0.0442. The van der Waals surface area contributed by atoms with Crippen LogP contribution in [0.3, 0.4) is 0 Å². The van der Waals surface area contributed by atoms with Crippen LogP contribution in [0.5, 0.6) is 5.75 Å². The first-order valence-corrected chi connectivity index (χ1v) is 15.6. The number of hydrogen-bond donors (Lipinski definition) is 3. The Morgan fingerprint density at radius 3 is 1.91 bits per heavy atom. The number of rotatable bonds is 14. The van der Waals surface area contributed by atoms with Gasteiger partial charge in [-0.05, 0) is 73.9 Å². The maximum Gasteiger partial charge on any atom is 0.407 e. The topological polar surface area (TPSA) is 96.5 Å². The van der Waals surface area contributed by atoms with Crippen molar-refractivity contribution in [3.8, 4) is 16.9 Å². The van der Waals surface area contributed by atoms with Gasteiger partial charge < -0.3 is 15.4 Å². The molecule has 0 fully saturated rings. The van der Waals surface area contributed by atoms with Crippen molar-refractivity contribution in [1.29, 1.82) is 0 Å². The molecule has 0 bridgehead atoms. The van der Waals surface area contributed by atoms with Crippen LogP contribution in [0.1, 0.15) is 38.8 Å². The van der Waals surface area contributed by atoms with Gasteiger partial charge in [-0.1, -0.05) is 36.4 Å². The van der Waals surface area contributed by atoms with Gasteiger partial charge in [0.15, 0.2) is 9.84 Å². The summed E-state index contributed by atoms with van der Waals surface area (Å²) in [5.41, 5.74) is -0.122. The molecule has 7 nitrogen and oxygen atoms in total. The number of halogens is 4. The third-order valence-corrected chi connectivity index (χ3v) is 7.61. The van der Waals surface area contributed by atoms with Crippen LogP contribution in [0.15, 0.2) is 77.7 Å². The minimum Gasteiger partial charge on any atom is -0.494 e. The molecule has 3 aromatic rings. The molecule has 0 aromatic heterocycles. The van der Waals surface area contributed by atoms with E-state index in [1.165, 1.54) is 50.2 Å². The molecule has 3 rings (SSSR count). The predicted molar refractivity (Wildman–Crippen MR) is 160 cm³/mol. The Bertz CT molecular complexity index is 1440. The van der Waals surface area contributed by atoms with Gasteiger partial charge in [0.1, 0.15) is 17.5 Å². The molecule has 0 saturated carbocycles. The Kier molecular flexibility index (Phi) is 11.2. The molecule has 2 unspecified atom stereocenters. The lowest BCUT2D eigenvalue weighted by atomic mass is 9.96. The molecule has 0 saturated heterocycles. The average Bonchev–Trinajstić information content (AvgIpc) is 2.93. The Labute approximate surface area is 250 Å². The van der Waals surface area contributed by atoms with Gasteiger partial charge >= 0.3 is 6.18 Å². The van der Waals surface area contributed by atoms with Crippen LogP contribution in [0.25, 0.3) is 11.1 Å². The highest BCUT2D eigenvalue weighted by Gasteiger charge is 2.43. The van der Waals surface area contributed by atoms with Crippen molar-refractivity contribution in [2.24, 2.45) is 0 Å². The van der Waals surface area contributed by atoms with Crippen LogP contribution in [0.4, 0.5) is 23.2 Å². The van der Waals surface area contributed by atoms with E-state index in [0.717, 1.165) is 11.9 Å². The summed E-state index contributed by atoms with van der Waals surface area (Å²) in [6.45, 7) is 5.21. The molecule has 3 N–H and O–H groups in total. The maximum atomic E-state index is 14.6. The van der Waals surface area contributed by atoms with Crippen LogP contribution in [0, 0.1) is 0 Å². The lowest BCUT2D eigenvalue weighted by Crippen LogP contribution is -2.51. The molecule has 43 heavy (non-hydrogen) atoms. The number of sulfone groups is 1. The number of hydrogen-bond acceptors (Lipinski definition) is 6. The summed E-state index contributed by atoms with van der Waals surface area (Å²) in [6.07, 6.45) is -4.19. The second kappa shape index (κ2) is 14.2. The van der Waals surface area contributed by atoms with Crippen molar-refractivity contribution in [3.63, 3.8) is 0 Å². The Balaban J connectivity index is 1.71. The highest BCUT2D eigenvalue weighted by molar-refractivity contribution is 7.90. The third kappa shape index (κ3) is 10.5. The minimum atomic E-state index is -4.78. The van der Waals surface area contributed by atoms with Gasteiger partial charge in [0, 0.05) is 31.5 Å². The van der Waals surface area contributed by atoms with E-state index in [0.29, 0.717) is 30.0 Å². The fourth-order valence-electron chi connectivity index (χ4n) is 4.41. The van der Waals surface area contributed by atoms with Gasteiger partial charge in [-0.3, -0.25) is 10.1 Å². The van der Waals surface area contributed by atoms with Crippen LogP contribution in [-0.4, -0.2) is 58.2 Å². The molecule has 0 aliphatic heterocycles. The quantitative estimate of drug-likeness (QED) is 0.149. The standard InChI is InChI=1S/C31H37F4N3O4S/c1-5-42-25-14-12-24(13-15-25)36-18-19-37-29(39)27(20-30(2,3)32)38-28(31(33,34)35)23-8-6-21(7-9-23)22-10-16-26(17-11-22)43(4,40)41/h6-17,27-28,36,38H,5,18-20H2,1-4H3,(H,37,39). The minimum absolute atomic E-state index is 0.0977. The molecule has 1 amide bonds. The number of amides is 1. The highest BCUT2D eigenvalue weighted by atomic mass is 32.2. The summed E-state index contributed by atoms with van der Waals surface area (Å²) >= 11 is 0. The van der Waals surface area contributed by atoms with Crippen molar-refractivity contribution in [1.82, 2.24) is 10.6 Å². The zero-order chi connectivity index (χ0) is 31.8. The van der Waals surface area contributed by atoms with Crippen molar-refractivity contribution < 1.29 is 35.5 Å². The summed E-state index contributed by atoms with van der Waals surface area (Å²) in [4.78, 5) is 13.1. The first kappa shape index (κ1) is 33.9. The number of nitrogens with one attached hydrogen (secondary N) is 3. The fraction of sp³-hybridized carbons (Fsp3) is 0.387. The van der Waals surface area contributed by atoms with E-state index in [-0.39, 0.29) is 17.0 Å². The van der Waals surface area contributed by atoms with Crippen LogP contribution in [-0.2, 0) is 14.6 Å². The van der Waals surface area contributed by atoms with E-state index in [9.17, 15) is 30.8 Å². The molecule has 0 radical (unpaired) electrons. The summed E-state index contributed by atoms with van der Waals surface area (Å²) in [7, 11) is -3.39. The summed E-state index contributed by atoms with van der Waals surface area (Å²) < 4.78 is 86.2. The number of ether oxygens (including phenoxy) is 1. The second-order valence-electron chi connectivity index (χ2n) is 10.7. The lowest BCUT2D eigenvalue weighted by Gasteiger charge is -2.30. The van der Waals surface area contributed by atoms with Gasteiger partial charge in [0.2, 0.25) is 5.91 Å². The zero-order valence-electron chi connectivity index (χ0n) is 24.5.